The molecule has 0 aliphatic carbocycles. The van der Waals surface area contributed by atoms with Crippen molar-refractivity contribution in [2.24, 2.45) is 11.7 Å². The highest BCUT2D eigenvalue weighted by Gasteiger charge is 2.41. The van der Waals surface area contributed by atoms with E-state index >= 15 is 0 Å². The maximum Gasteiger partial charge on any atom is 0.326 e. The number of nitrogens with one attached hydrogen (secondary N) is 2. The van der Waals surface area contributed by atoms with Crippen molar-refractivity contribution in [1.29, 1.82) is 0 Å². The summed E-state index contributed by atoms with van der Waals surface area (Å²) in [4.78, 5) is 60.8. The normalized spacial score (nSPS) is 23.2. The molecule has 0 radical (unpaired) electrons. The number of aliphatic carboxylic acids is 1. The molecule has 11 nitrogen and oxygen atoms in total. The van der Waals surface area contributed by atoms with Gasteiger partial charge in [-0.1, -0.05) is 20.3 Å². The van der Waals surface area contributed by atoms with Gasteiger partial charge in [-0.2, -0.15) is 0 Å². The second-order valence-electron chi connectivity index (χ2n) is 8.97. The van der Waals surface area contributed by atoms with Gasteiger partial charge in [-0.15, -0.1) is 0 Å². The molecule has 3 amide bonds. The Morgan fingerprint density at radius 3 is 2.39 bits per heavy atom. The first-order valence-corrected chi connectivity index (χ1v) is 11.6. The summed E-state index contributed by atoms with van der Waals surface area (Å²) in [6.07, 6.45) is 6.04. The average molecular weight is 463 g/mol. The third kappa shape index (κ3) is 5.52. The molecule has 3 heterocycles. The Morgan fingerprint density at radius 2 is 1.82 bits per heavy atom. The number of carbonyl (C=O) groups excluding carboxylic acids is 3. The molecular formula is C22H34N6O5. The van der Waals surface area contributed by atoms with E-state index in [1.54, 1.807) is 6.20 Å². The van der Waals surface area contributed by atoms with E-state index in [4.69, 9.17) is 5.73 Å². The summed E-state index contributed by atoms with van der Waals surface area (Å²) >= 11 is 0. The van der Waals surface area contributed by atoms with E-state index < -0.39 is 42.0 Å². The zero-order chi connectivity index (χ0) is 24.1. The molecule has 1 aromatic rings. The Morgan fingerprint density at radius 1 is 1.18 bits per heavy atom. The smallest absolute Gasteiger partial charge is 0.326 e. The maximum atomic E-state index is 13.3. The fourth-order valence-electron chi connectivity index (χ4n) is 4.56. The lowest BCUT2D eigenvalue weighted by molar-refractivity contribution is -0.149. The predicted molar refractivity (Wildman–Crippen MR) is 119 cm³/mol. The van der Waals surface area contributed by atoms with E-state index in [9.17, 15) is 24.3 Å². The van der Waals surface area contributed by atoms with E-state index in [2.05, 4.69) is 15.3 Å². The standard InChI is InChI=1S/C22H34N6O5/c1-3-13(2)18(23)21(31)27-8-4-6-16(27)19(29)26-15(10-14-11-24-12-25-14)20(30)28-9-5-7-17(28)22(32)33/h11-13,15-18H,3-10,23H2,1-2H3,(H,24,25)(H,26,29)(H,32,33). The van der Waals surface area contributed by atoms with Crippen molar-refractivity contribution < 1.29 is 24.3 Å². The Labute approximate surface area is 193 Å². The largest absolute Gasteiger partial charge is 0.480 e. The van der Waals surface area contributed by atoms with E-state index in [-0.39, 0.29) is 18.2 Å². The number of nitrogens with two attached hydrogens (primary N) is 1. The van der Waals surface area contributed by atoms with Gasteiger partial charge in [0.05, 0.1) is 12.4 Å². The molecule has 2 saturated heterocycles. The van der Waals surface area contributed by atoms with Crippen molar-refractivity contribution in [1.82, 2.24) is 25.1 Å². The quantitative estimate of drug-likeness (QED) is 0.397. The summed E-state index contributed by atoms with van der Waals surface area (Å²) < 4.78 is 0. The summed E-state index contributed by atoms with van der Waals surface area (Å²) in [5.74, 6) is -2.21. The number of carboxylic acid groups (broad SMARTS) is 1. The van der Waals surface area contributed by atoms with Crippen LogP contribution >= 0.6 is 0 Å². The molecular weight excluding hydrogens is 428 g/mol. The summed E-state index contributed by atoms with van der Waals surface area (Å²) in [6, 6.07) is -3.28. The summed E-state index contributed by atoms with van der Waals surface area (Å²) in [6.45, 7) is 4.62. The Kier molecular flexibility index (Phi) is 8.06. The molecule has 11 heteroatoms. The number of aromatic nitrogens is 2. The number of hydrogen-bond acceptors (Lipinski definition) is 6. The molecule has 5 atom stereocenters. The lowest BCUT2D eigenvalue weighted by Gasteiger charge is -2.31. The first-order valence-electron chi connectivity index (χ1n) is 11.6. The van der Waals surface area contributed by atoms with Crippen LogP contribution in [0.4, 0.5) is 0 Å². The third-order valence-electron chi connectivity index (χ3n) is 6.80. The van der Waals surface area contributed by atoms with Crippen molar-refractivity contribution in [3.63, 3.8) is 0 Å². The van der Waals surface area contributed by atoms with Crippen molar-refractivity contribution in [2.75, 3.05) is 13.1 Å². The second-order valence-corrected chi connectivity index (χ2v) is 8.97. The van der Waals surface area contributed by atoms with Crippen LogP contribution in [-0.4, -0.2) is 85.8 Å². The van der Waals surface area contributed by atoms with E-state index in [1.807, 2.05) is 13.8 Å². The number of nitrogens with zero attached hydrogens (tertiary/aromatic N) is 3. The van der Waals surface area contributed by atoms with Gasteiger partial charge in [-0.25, -0.2) is 9.78 Å². The van der Waals surface area contributed by atoms with Gasteiger partial charge in [0.1, 0.15) is 18.1 Å². The van der Waals surface area contributed by atoms with Crippen LogP contribution in [0.1, 0.15) is 51.6 Å². The number of imidazole rings is 1. The molecule has 2 aliphatic rings. The molecule has 2 fully saturated rings. The zero-order valence-electron chi connectivity index (χ0n) is 19.2. The molecule has 5 unspecified atom stereocenters. The van der Waals surface area contributed by atoms with Crippen LogP contribution in [0.25, 0.3) is 0 Å². The number of hydrogen-bond donors (Lipinski definition) is 4. The number of aromatic amines is 1. The van der Waals surface area contributed by atoms with Crippen LogP contribution in [0.15, 0.2) is 12.5 Å². The van der Waals surface area contributed by atoms with E-state index in [0.717, 1.165) is 6.42 Å². The monoisotopic (exact) mass is 462 g/mol. The molecule has 33 heavy (non-hydrogen) atoms. The topological polar surface area (TPSA) is 162 Å². The number of rotatable bonds is 9. The lowest BCUT2D eigenvalue weighted by Crippen LogP contribution is -2.57. The Bertz CT molecular complexity index is 859. The van der Waals surface area contributed by atoms with Crippen LogP contribution in [-0.2, 0) is 25.6 Å². The minimum Gasteiger partial charge on any atom is -0.480 e. The Balaban J connectivity index is 1.76. The number of carbonyl (C=O) groups is 4. The van der Waals surface area contributed by atoms with Crippen molar-refractivity contribution in [3.05, 3.63) is 18.2 Å². The first kappa shape index (κ1) is 24.7. The maximum absolute atomic E-state index is 13.3. The zero-order valence-corrected chi connectivity index (χ0v) is 19.2. The highest BCUT2D eigenvalue weighted by molar-refractivity contribution is 5.94. The van der Waals surface area contributed by atoms with Gasteiger partial charge in [0.25, 0.3) is 0 Å². The van der Waals surface area contributed by atoms with Gasteiger partial charge >= 0.3 is 5.97 Å². The summed E-state index contributed by atoms with van der Waals surface area (Å²) in [7, 11) is 0. The van der Waals surface area contributed by atoms with Gasteiger partial charge in [0.15, 0.2) is 0 Å². The Hall–Kier alpha value is -2.95. The van der Waals surface area contributed by atoms with Crippen LogP contribution in [0.5, 0.6) is 0 Å². The van der Waals surface area contributed by atoms with Gasteiger partial charge < -0.3 is 30.9 Å². The minimum atomic E-state index is -1.06. The van der Waals surface area contributed by atoms with Crippen LogP contribution in [0.3, 0.4) is 0 Å². The molecule has 5 N–H and O–H groups in total. The SMILES string of the molecule is CCC(C)C(N)C(=O)N1CCCC1C(=O)NC(Cc1cnc[nH]1)C(=O)N1CCCC1C(=O)O. The minimum absolute atomic E-state index is 0.0142. The number of amides is 3. The van der Waals surface area contributed by atoms with Gasteiger partial charge in [-0.05, 0) is 31.6 Å². The van der Waals surface area contributed by atoms with Crippen molar-refractivity contribution in [2.45, 2.75) is 76.5 Å². The van der Waals surface area contributed by atoms with Crippen molar-refractivity contribution >= 4 is 23.7 Å². The van der Waals surface area contributed by atoms with Crippen molar-refractivity contribution in [3.8, 4) is 0 Å². The molecule has 0 saturated carbocycles. The number of carboxylic acids is 1. The van der Waals surface area contributed by atoms with Gasteiger partial charge in [0.2, 0.25) is 17.7 Å². The average Bonchev–Trinajstić information content (AvgIpc) is 3.57. The van der Waals surface area contributed by atoms with Gasteiger partial charge in [-0.3, -0.25) is 14.4 Å². The van der Waals surface area contributed by atoms with Crippen LogP contribution < -0.4 is 11.1 Å². The van der Waals surface area contributed by atoms with Crippen LogP contribution in [0.2, 0.25) is 0 Å². The second kappa shape index (κ2) is 10.8. The summed E-state index contributed by atoms with van der Waals surface area (Å²) in [5, 5.41) is 12.3. The third-order valence-corrected chi connectivity index (χ3v) is 6.80. The highest BCUT2D eigenvalue weighted by Crippen LogP contribution is 2.22. The lowest BCUT2D eigenvalue weighted by atomic mass is 9.98. The fourth-order valence-corrected chi connectivity index (χ4v) is 4.56. The highest BCUT2D eigenvalue weighted by atomic mass is 16.4. The number of likely N-dealkylation sites (tertiary alicyclic amines) is 2. The predicted octanol–water partition coefficient (Wildman–Crippen LogP) is -0.123. The van der Waals surface area contributed by atoms with Crippen LogP contribution in [0, 0.1) is 5.92 Å². The molecule has 182 valence electrons. The van der Waals surface area contributed by atoms with E-state index in [0.29, 0.717) is 44.5 Å². The fraction of sp³-hybridized carbons (Fsp3) is 0.682. The molecule has 3 rings (SSSR count). The van der Waals surface area contributed by atoms with Gasteiger partial charge in [0, 0.05) is 31.4 Å². The number of H-pyrrole nitrogens is 1. The summed E-state index contributed by atoms with van der Waals surface area (Å²) in [5.41, 5.74) is 6.77. The van der Waals surface area contributed by atoms with E-state index in [1.165, 1.54) is 16.1 Å². The molecule has 1 aromatic heterocycles. The molecule has 0 aromatic carbocycles. The first-order chi connectivity index (χ1) is 15.7. The molecule has 0 spiro atoms. The molecule has 0 bridgehead atoms. The molecule has 2 aliphatic heterocycles.